The molecule has 3 heterocycles. The normalized spacial score (nSPS) is 26.0. The predicted molar refractivity (Wildman–Crippen MR) is 81.8 cm³/mol. The number of hydrogen-bond donors (Lipinski definition) is 0. The first-order chi connectivity index (χ1) is 13.1. The molecule has 0 spiro atoms. The average Bonchev–Trinajstić information content (AvgIpc) is 2.97. The Hall–Kier alpha value is -1.66. The molecule has 6 heteroatoms. The molecular weight excluding hydrogens is 265 g/mol. The van der Waals surface area contributed by atoms with E-state index < -0.39 is 61.0 Å². The first-order valence-corrected chi connectivity index (χ1v) is 6.49. The van der Waals surface area contributed by atoms with Gasteiger partial charge in [-0.25, -0.2) is 9.67 Å². The van der Waals surface area contributed by atoms with Crippen LogP contribution >= 0.6 is 0 Å². The second-order valence-electron chi connectivity index (χ2n) is 5.78. The van der Waals surface area contributed by atoms with E-state index in [2.05, 4.69) is 10.1 Å². The highest BCUT2D eigenvalue weighted by molar-refractivity contribution is 6.61. The van der Waals surface area contributed by atoms with Gasteiger partial charge in [-0.2, -0.15) is 5.10 Å². The summed E-state index contributed by atoms with van der Waals surface area (Å²) in [5.74, 6) is -0.418. The molecule has 0 N–H and O–H groups in total. The molecular formula is C15H20BN3O2. The minimum atomic E-state index is -2.79. The molecule has 0 aromatic carbocycles. The second-order valence-corrected chi connectivity index (χ2v) is 5.78. The van der Waals surface area contributed by atoms with Gasteiger partial charge in [0.1, 0.15) is 0 Å². The van der Waals surface area contributed by atoms with Crippen LogP contribution < -0.4 is 5.59 Å². The van der Waals surface area contributed by atoms with E-state index in [4.69, 9.17) is 20.3 Å². The van der Waals surface area contributed by atoms with E-state index in [1.165, 1.54) is 0 Å². The smallest absolute Gasteiger partial charge is 0.398 e. The third-order valence-electron chi connectivity index (χ3n) is 3.75. The molecule has 0 aliphatic carbocycles. The third kappa shape index (κ3) is 2.49. The third-order valence-corrected chi connectivity index (χ3v) is 3.75. The average molecular weight is 293 g/mol. The first kappa shape index (κ1) is 7.56. The van der Waals surface area contributed by atoms with Gasteiger partial charge in [0.2, 0.25) is 0 Å². The van der Waals surface area contributed by atoms with Crippen molar-refractivity contribution in [2.24, 2.45) is 0 Å². The van der Waals surface area contributed by atoms with Gasteiger partial charge in [-0.05, 0) is 52.7 Å². The topological polar surface area (TPSA) is 49.2 Å². The van der Waals surface area contributed by atoms with Crippen molar-refractivity contribution in [2.75, 3.05) is 0 Å². The van der Waals surface area contributed by atoms with Crippen molar-refractivity contribution in [1.29, 1.82) is 0 Å². The zero-order valence-corrected chi connectivity index (χ0v) is 12.2. The highest BCUT2D eigenvalue weighted by Gasteiger charge is 2.52. The Bertz CT molecular complexity index is 973. The fraction of sp³-hybridized carbons (Fsp3) is 0.467. The number of aromatic nitrogens is 3. The minimum Gasteiger partial charge on any atom is -0.398 e. The summed E-state index contributed by atoms with van der Waals surface area (Å²) < 4.78 is 75.2. The van der Waals surface area contributed by atoms with Crippen LogP contribution in [0.1, 0.15) is 44.4 Å². The lowest BCUT2D eigenvalue weighted by atomic mass is 9.85. The summed E-state index contributed by atoms with van der Waals surface area (Å²) in [7, 11) is -1.04. The van der Waals surface area contributed by atoms with Crippen molar-refractivity contribution in [2.45, 2.75) is 45.7 Å². The maximum Gasteiger partial charge on any atom is 0.516 e. The molecule has 2 aromatic rings. The number of nitrogens with zero attached hydrogens (tertiary/aromatic N) is 3. The maximum atomic E-state index is 8.22. The van der Waals surface area contributed by atoms with Crippen LogP contribution in [0.3, 0.4) is 0 Å². The van der Waals surface area contributed by atoms with E-state index in [-0.39, 0.29) is 11.6 Å². The van der Waals surface area contributed by atoms with Crippen LogP contribution in [0.25, 0.3) is 5.82 Å². The zero-order chi connectivity index (χ0) is 22.1. The molecule has 3 rings (SSSR count). The van der Waals surface area contributed by atoms with Crippen molar-refractivity contribution < 1.29 is 20.3 Å². The molecule has 0 atom stereocenters. The number of rotatable bonds is 2. The molecule has 1 saturated heterocycles. The predicted octanol–water partition coefficient (Wildman–Crippen LogP) is 1.87. The summed E-state index contributed by atoms with van der Waals surface area (Å²) >= 11 is 0. The summed E-state index contributed by atoms with van der Waals surface area (Å²) in [5.41, 5.74) is -2.10. The monoisotopic (exact) mass is 293 g/mol. The van der Waals surface area contributed by atoms with Gasteiger partial charge in [0.25, 0.3) is 0 Å². The van der Waals surface area contributed by atoms with Crippen molar-refractivity contribution in [3.63, 3.8) is 0 Å². The summed E-state index contributed by atoms with van der Waals surface area (Å²) in [6, 6.07) is -2.24. The van der Waals surface area contributed by atoms with Gasteiger partial charge < -0.3 is 9.31 Å². The quantitative estimate of drug-likeness (QED) is 0.793. The van der Waals surface area contributed by atoms with Gasteiger partial charge in [-0.15, -0.1) is 0 Å². The summed E-state index contributed by atoms with van der Waals surface area (Å²) in [6.07, 6.45) is -0.468. The molecule has 0 radical (unpaired) electrons. The van der Waals surface area contributed by atoms with Crippen molar-refractivity contribution in [1.82, 2.24) is 14.8 Å². The first-order valence-electron chi connectivity index (χ1n) is 10.5. The Morgan fingerprint density at radius 1 is 1.19 bits per heavy atom. The Morgan fingerprint density at radius 2 is 1.90 bits per heavy atom. The Balaban J connectivity index is 2.16. The van der Waals surface area contributed by atoms with Gasteiger partial charge in [-0.1, -0.05) is 6.04 Å². The minimum absolute atomic E-state index is 0.0215. The van der Waals surface area contributed by atoms with Crippen LogP contribution in [-0.4, -0.2) is 33.1 Å². The molecule has 1 aliphatic rings. The second kappa shape index (κ2) is 4.68. The van der Waals surface area contributed by atoms with Crippen molar-refractivity contribution in [3.8, 4) is 5.82 Å². The molecule has 2 aromatic heterocycles. The van der Waals surface area contributed by atoms with Crippen LogP contribution in [0, 0.1) is 6.85 Å². The molecule has 5 nitrogen and oxygen atoms in total. The SMILES string of the molecule is [2H]c1c(-n2nc(B3OC(C)(C)C(C)(C)O3)c([2H])c2[2H])nc(C([2H])([2H])[2H])c([2H])c1[2H]. The molecule has 0 unspecified atom stereocenters. The van der Waals surface area contributed by atoms with Crippen LogP contribution in [-0.2, 0) is 9.31 Å². The van der Waals surface area contributed by atoms with Crippen LogP contribution in [0.15, 0.2) is 30.3 Å². The lowest BCUT2D eigenvalue weighted by Crippen LogP contribution is -2.41. The van der Waals surface area contributed by atoms with Gasteiger partial charge >= 0.3 is 7.12 Å². The van der Waals surface area contributed by atoms with E-state index in [0.29, 0.717) is 0 Å². The number of aryl methyl sites for hydroxylation is 1. The van der Waals surface area contributed by atoms with E-state index >= 15 is 0 Å². The molecule has 1 fully saturated rings. The summed E-state index contributed by atoms with van der Waals surface area (Å²) in [6.45, 7) is 4.49. The van der Waals surface area contributed by atoms with Crippen molar-refractivity contribution >= 4 is 12.7 Å². The summed E-state index contributed by atoms with van der Waals surface area (Å²) in [5, 5.41) is 4.13. The van der Waals surface area contributed by atoms with E-state index in [0.717, 1.165) is 4.68 Å². The molecule has 0 amide bonds. The fourth-order valence-electron chi connectivity index (χ4n) is 1.84. The number of pyridine rings is 1. The zero-order valence-electron chi connectivity index (χ0n) is 20.2. The van der Waals surface area contributed by atoms with Gasteiger partial charge in [-0.3, -0.25) is 0 Å². The molecule has 1 aliphatic heterocycles. The highest BCUT2D eigenvalue weighted by Crippen LogP contribution is 2.36. The summed E-state index contributed by atoms with van der Waals surface area (Å²) in [4.78, 5) is 3.83. The maximum absolute atomic E-state index is 8.22. The molecule has 110 valence electrons. The van der Waals surface area contributed by atoms with Gasteiger partial charge in [0.05, 0.1) is 23.6 Å². The Morgan fingerprint density at radius 3 is 2.57 bits per heavy atom. The van der Waals surface area contributed by atoms with Crippen LogP contribution in [0.2, 0.25) is 0 Å². The lowest BCUT2D eigenvalue weighted by Gasteiger charge is -2.32. The van der Waals surface area contributed by atoms with E-state index in [1.807, 2.05) is 27.7 Å². The molecule has 21 heavy (non-hydrogen) atoms. The lowest BCUT2D eigenvalue weighted by molar-refractivity contribution is 0.00578. The van der Waals surface area contributed by atoms with Crippen LogP contribution in [0.5, 0.6) is 0 Å². The molecule has 0 saturated carbocycles. The van der Waals surface area contributed by atoms with Crippen LogP contribution in [0.4, 0.5) is 0 Å². The van der Waals surface area contributed by atoms with Crippen molar-refractivity contribution in [3.05, 3.63) is 36.0 Å². The van der Waals surface area contributed by atoms with E-state index in [1.54, 1.807) is 0 Å². The van der Waals surface area contributed by atoms with Gasteiger partial charge in [0.15, 0.2) is 5.82 Å². The van der Waals surface area contributed by atoms with Gasteiger partial charge in [0, 0.05) is 16.0 Å². The largest absolute Gasteiger partial charge is 0.516 e. The molecule has 0 bridgehead atoms. The Labute approximate surface area is 136 Å². The standard InChI is InChI=1S/C15H20BN3O2/c1-11-7-6-8-13(17-11)19-10-9-12(18-19)16-20-14(2,3)15(4,5)21-16/h6-10H,1-5H3/i1D3,6D,7D,8D,9D,10D. The number of hydrogen-bond acceptors (Lipinski definition) is 4. The highest BCUT2D eigenvalue weighted by atomic mass is 16.7. The van der Waals surface area contributed by atoms with E-state index in [9.17, 15) is 0 Å². The Kier molecular flexibility index (Phi) is 1.68. The fourth-order valence-corrected chi connectivity index (χ4v) is 1.84.